The lowest BCUT2D eigenvalue weighted by atomic mass is 10.2. The van der Waals surface area contributed by atoms with Crippen molar-refractivity contribution in [1.82, 2.24) is 9.88 Å². The third-order valence-electron chi connectivity index (χ3n) is 4.83. The Balaban J connectivity index is 1.48. The standard InChI is InChI=1S/C22H19N5O4S2/c1-2-26-20(29)18(12-19(28)23-15-10-6-7-11-17(15)27(30)31)33-22(26)25-21-24-16(13-32-21)14-8-4-3-5-9-14/h3-11,13,18H,2,12H2,1H3,(H,23,28)/b25-22+. The number of hydrogen-bond acceptors (Lipinski definition) is 8. The van der Waals surface area contributed by atoms with Crippen LogP contribution in [0.25, 0.3) is 11.3 Å². The Labute approximate surface area is 197 Å². The smallest absolute Gasteiger partial charge is 0.292 e. The number of amidine groups is 1. The van der Waals surface area contributed by atoms with Gasteiger partial charge in [-0.3, -0.25) is 24.6 Å². The first-order chi connectivity index (χ1) is 16.0. The minimum Gasteiger partial charge on any atom is -0.320 e. The second-order valence-corrected chi connectivity index (χ2v) is 9.00. The number of rotatable bonds is 7. The highest BCUT2D eigenvalue weighted by Crippen LogP contribution is 2.34. The van der Waals surface area contributed by atoms with Gasteiger partial charge in [0.2, 0.25) is 16.9 Å². The van der Waals surface area contributed by atoms with Crippen molar-refractivity contribution in [2.75, 3.05) is 11.9 Å². The van der Waals surface area contributed by atoms with Gasteiger partial charge in [0.1, 0.15) is 10.9 Å². The Morgan fingerprint density at radius 2 is 1.94 bits per heavy atom. The second-order valence-electron chi connectivity index (χ2n) is 6.99. The van der Waals surface area contributed by atoms with Gasteiger partial charge in [0, 0.05) is 30.0 Å². The van der Waals surface area contributed by atoms with E-state index in [0.29, 0.717) is 16.8 Å². The number of para-hydroxylation sites is 2. The van der Waals surface area contributed by atoms with Crippen LogP contribution in [-0.4, -0.2) is 43.6 Å². The molecule has 0 saturated carbocycles. The molecule has 3 aromatic rings. The third-order valence-corrected chi connectivity index (χ3v) is 6.74. The van der Waals surface area contributed by atoms with Gasteiger partial charge >= 0.3 is 0 Å². The summed E-state index contributed by atoms with van der Waals surface area (Å²) in [5, 5.41) is 15.9. The Hall–Kier alpha value is -3.57. The fourth-order valence-electron chi connectivity index (χ4n) is 3.26. The van der Waals surface area contributed by atoms with E-state index in [1.807, 2.05) is 42.6 Å². The van der Waals surface area contributed by atoms with Gasteiger partial charge in [0.25, 0.3) is 5.69 Å². The minimum atomic E-state index is -0.667. The van der Waals surface area contributed by atoms with Crippen molar-refractivity contribution in [3.8, 4) is 11.3 Å². The van der Waals surface area contributed by atoms with Crippen LogP contribution in [-0.2, 0) is 9.59 Å². The largest absolute Gasteiger partial charge is 0.320 e. The maximum atomic E-state index is 12.8. The van der Waals surface area contributed by atoms with E-state index in [-0.39, 0.29) is 23.7 Å². The van der Waals surface area contributed by atoms with Crippen molar-refractivity contribution in [2.24, 2.45) is 4.99 Å². The topological polar surface area (TPSA) is 118 Å². The molecule has 0 bridgehead atoms. The van der Waals surface area contributed by atoms with Crippen LogP contribution in [0.3, 0.4) is 0 Å². The molecule has 1 unspecified atom stereocenters. The van der Waals surface area contributed by atoms with Crippen molar-refractivity contribution in [2.45, 2.75) is 18.6 Å². The normalized spacial score (nSPS) is 16.9. The molecule has 0 radical (unpaired) electrons. The summed E-state index contributed by atoms with van der Waals surface area (Å²) in [6.07, 6.45) is -0.127. The first kappa shape index (κ1) is 22.6. The first-order valence-corrected chi connectivity index (χ1v) is 11.8. The Bertz CT molecular complexity index is 1230. The van der Waals surface area contributed by atoms with Crippen LogP contribution in [0.5, 0.6) is 0 Å². The Morgan fingerprint density at radius 3 is 2.67 bits per heavy atom. The monoisotopic (exact) mass is 481 g/mol. The van der Waals surface area contributed by atoms with E-state index < -0.39 is 16.1 Å². The van der Waals surface area contributed by atoms with Crippen molar-refractivity contribution in [3.63, 3.8) is 0 Å². The van der Waals surface area contributed by atoms with Crippen molar-refractivity contribution in [1.29, 1.82) is 0 Å². The molecule has 2 heterocycles. The molecule has 2 amide bonds. The lowest BCUT2D eigenvalue weighted by molar-refractivity contribution is -0.383. The summed E-state index contributed by atoms with van der Waals surface area (Å²) in [6.45, 7) is 2.24. The number of thioether (sulfide) groups is 1. The molecule has 1 saturated heterocycles. The zero-order valence-electron chi connectivity index (χ0n) is 17.5. The Morgan fingerprint density at radius 1 is 1.21 bits per heavy atom. The first-order valence-electron chi connectivity index (χ1n) is 10.1. The minimum absolute atomic E-state index is 0.0976. The number of aliphatic imine (C=N–C) groups is 1. The van der Waals surface area contributed by atoms with Crippen molar-refractivity contribution in [3.05, 3.63) is 70.1 Å². The molecule has 4 rings (SSSR count). The predicted octanol–water partition coefficient (Wildman–Crippen LogP) is 4.70. The quantitative estimate of drug-likeness (QED) is 0.386. The summed E-state index contributed by atoms with van der Waals surface area (Å²) >= 11 is 2.57. The summed E-state index contributed by atoms with van der Waals surface area (Å²) < 4.78 is 0. The number of anilines is 1. The molecule has 1 aromatic heterocycles. The molecule has 1 N–H and O–H groups in total. The fraction of sp³-hybridized carbons (Fsp3) is 0.182. The summed E-state index contributed by atoms with van der Waals surface area (Å²) in [7, 11) is 0. The molecule has 1 aliphatic rings. The molecule has 1 atom stereocenters. The van der Waals surface area contributed by atoms with Crippen LogP contribution in [0.2, 0.25) is 0 Å². The lowest BCUT2D eigenvalue weighted by Gasteiger charge is -2.12. The van der Waals surface area contributed by atoms with Gasteiger partial charge in [-0.25, -0.2) is 4.98 Å². The summed E-state index contributed by atoms with van der Waals surface area (Å²) in [5.74, 6) is -0.702. The van der Waals surface area contributed by atoms with Gasteiger partial charge < -0.3 is 5.32 Å². The highest BCUT2D eigenvalue weighted by molar-refractivity contribution is 8.15. The van der Waals surface area contributed by atoms with Crippen molar-refractivity contribution >= 4 is 56.6 Å². The molecular weight excluding hydrogens is 462 g/mol. The van der Waals surface area contributed by atoms with Crippen LogP contribution in [0, 0.1) is 10.1 Å². The van der Waals surface area contributed by atoms with Gasteiger partial charge in [0.05, 0.1) is 10.6 Å². The van der Waals surface area contributed by atoms with Crippen LogP contribution >= 0.6 is 23.1 Å². The van der Waals surface area contributed by atoms with E-state index in [0.717, 1.165) is 11.3 Å². The summed E-state index contributed by atoms with van der Waals surface area (Å²) in [5.41, 5.74) is 1.68. The Kier molecular flexibility index (Phi) is 6.80. The average molecular weight is 482 g/mol. The van der Waals surface area contributed by atoms with Gasteiger partial charge in [-0.05, 0) is 13.0 Å². The van der Waals surface area contributed by atoms with E-state index in [2.05, 4.69) is 15.3 Å². The summed E-state index contributed by atoms with van der Waals surface area (Å²) in [6, 6.07) is 15.6. The number of nitrogens with zero attached hydrogens (tertiary/aromatic N) is 4. The molecule has 11 heteroatoms. The molecule has 33 heavy (non-hydrogen) atoms. The van der Waals surface area contributed by atoms with E-state index in [1.54, 1.807) is 6.07 Å². The molecular formula is C22H19N5O4S2. The van der Waals surface area contributed by atoms with E-state index in [9.17, 15) is 19.7 Å². The molecule has 168 valence electrons. The van der Waals surface area contributed by atoms with Crippen LogP contribution in [0.4, 0.5) is 16.5 Å². The zero-order chi connectivity index (χ0) is 23.4. The maximum absolute atomic E-state index is 12.8. The lowest BCUT2D eigenvalue weighted by Crippen LogP contribution is -2.33. The average Bonchev–Trinajstić information content (AvgIpc) is 3.39. The molecule has 1 aliphatic heterocycles. The van der Waals surface area contributed by atoms with Gasteiger partial charge in [-0.1, -0.05) is 54.2 Å². The zero-order valence-corrected chi connectivity index (χ0v) is 19.1. The van der Waals surface area contributed by atoms with Crippen LogP contribution in [0.1, 0.15) is 13.3 Å². The molecule has 0 spiro atoms. The van der Waals surface area contributed by atoms with E-state index >= 15 is 0 Å². The number of aromatic nitrogens is 1. The van der Waals surface area contributed by atoms with Gasteiger partial charge in [-0.15, -0.1) is 11.3 Å². The van der Waals surface area contributed by atoms with Crippen LogP contribution in [0.15, 0.2) is 65.0 Å². The molecule has 2 aromatic carbocycles. The number of nitro groups is 1. The molecule has 0 aliphatic carbocycles. The van der Waals surface area contributed by atoms with E-state index in [1.165, 1.54) is 46.2 Å². The number of carbonyl (C=O) groups excluding carboxylic acids is 2. The number of benzene rings is 2. The van der Waals surface area contributed by atoms with Gasteiger partial charge in [0.15, 0.2) is 5.17 Å². The maximum Gasteiger partial charge on any atom is 0.292 e. The van der Waals surface area contributed by atoms with E-state index in [4.69, 9.17) is 0 Å². The number of carbonyl (C=O) groups is 2. The third kappa shape index (κ3) is 5.10. The van der Waals surface area contributed by atoms with Gasteiger partial charge in [-0.2, -0.15) is 4.99 Å². The number of nitrogens with one attached hydrogen (secondary N) is 1. The second kappa shape index (κ2) is 9.92. The van der Waals surface area contributed by atoms with Crippen LogP contribution < -0.4 is 5.32 Å². The van der Waals surface area contributed by atoms with Crippen molar-refractivity contribution < 1.29 is 14.5 Å². The molecule has 1 fully saturated rings. The number of thiazole rings is 1. The number of nitro benzene ring substituents is 1. The highest BCUT2D eigenvalue weighted by Gasteiger charge is 2.38. The SMILES string of the molecule is CCN1C(=O)C(CC(=O)Nc2ccccc2[N+](=O)[O-])S/C1=N/c1nc(-c2ccccc2)cs1. The predicted molar refractivity (Wildman–Crippen MR) is 130 cm³/mol. The number of amides is 2. The molecule has 9 nitrogen and oxygen atoms in total. The fourth-order valence-corrected chi connectivity index (χ4v) is 5.22. The summed E-state index contributed by atoms with van der Waals surface area (Å²) in [4.78, 5) is 46.6. The number of hydrogen-bond donors (Lipinski definition) is 1. The highest BCUT2D eigenvalue weighted by atomic mass is 32.2.